The maximum Gasteiger partial charge on any atom is 0.254 e. The predicted molar refractivity (Wildman–Crippen MR) is 99.3 cm³/mol. The third-order valence-corrected chi connectivity index (χ3v) is 4.05. The zero-order valence-corrected chi connectivity index (χ0v) is 14.9. The van der Waals surface area contributed by atoms with Gasteiger partial charge in [-0.05, 0) is 24.3 Å². The number of halogens is 3. The molecule has 5 nitrogen and oxygen atoms in total. The quantitative estimate of drug-likeness (QED) is 0.668. The molecule has 1 amide bonds. The smallest absolute Gasteiger partial charge is 0.254 e. The molecule has 0 aliphatic carbocycles. The van der Waals surface area contributed by atoms with Gasteiger partial charge in [0.15, 0.2) is 0 Å². The van der Waals surface area contributed by atoms with Crippen LogP contribution in [0, 0.1) is 5.82 Å². The number of amides is 1. The number of benzene rings is 2. The van der Waals surface area contributed by atoms with E-state index in [-0.39, 0.29) is 23.9 Å². The van der Waals surface area contributed by atoms with E-state index in [4.69, 9.17) is 23.2 Å². The van der Waals surface area contributed by atoms with Crippen LogP contribution < -0.4 is 10.6 Å². The Morgan fingerprint density at radius 3 is 2.54 bits per heavy atom. The molecular weight excluding hydrogens is 378 g/mol. The average molecular weight is 391 g/mol. The van der Waals surface area contributed by atoms with E-state index >= 15 is 0 Å². The maximum atomic E-state index is 13.6. The highest BCUT2D eigenvalue weighted by atomic mass is 35.5. The van der Waals surface area contributed by atoms with Crippen molar-refractivity contribution in [2.45, 2.75) is 6.54 Å². The van der Waals surface area contributed by atoms with Crippen molar-refractivity contribution >= 4 is 40.7 Å². The summed E-state index contributed by atoms with van der Waals surface area (Å²) in [5, 5.41) is 6.53. The molecule has 2 aromatic carbocycles. The molecule has 26 heavy (non-hydrogen) atoms. The fourth-order valence-corrected chi connectivity index (χ4v) is 2.48. The standard InChI is InChI=1S/C18H13Cl2FN4O/c19-13-5-6-14(20)16(7-13)25-18-23-9-12(10-24-18)17(26)22-8-11-3-1-2-4-15(11)21/h1-7,9-10H,8H2,(H,22,26)(H,23,24,25). The third-order valence-electron chi connectivity index (χ3n) is 3.49. The van der Waals surface area contributed by atoms with E-state index in [9.17, 15) is 9.18 Å². The summed E-state index contributed by atoms with van der Waals surface area (Å²) in [6.07, 6.45) is 2.73. The first-order chi connectivity index (χ1) is 12.5. The number of nitrogens with zero attached hydrogens (tertiary/aromatic N) is 2. The normalized spacial score (nSPS) is 10.4. The van der Waals surface area contributed by atoms with E-state index in [0.29, 0.717) is 21.3 Å². The number of carbonyl (C=O) groups is 1. The van der Waals surface area contributed by atoms with E-state index in [1.165, 1.54) is 18.5 Å². The van der Waals surface area contributed by atoms with Gasteiger partial charge in [-0.2, -0.15) is 0 Å². The van der Waals surface area contributed by atoms with Crippen LogP contribution in [0.4, 0.5) is 16.0 Å². The van der Waals surface area contributed by atoms with Gasteiger partial charge in [0.1, 0.15) is 5.82 Å². The van der Waals surface area contributed by atoms with Crippen LogP contribution in [0.3, 0.4) is 0 Å². The number of nitrogens with one attached hydrogen (secondary N) is 2. The highest BCUT2D eigenvalue weighted by Crippen LogP contribution is 2.27. The van der Waals surface area contributed by atoms with Gasteiger partial charge in [-0.3, -0.25) is 4.79 Å². The summed E-state index contributed by atoms with van der Waals surface area (Å²) < 4.78 is 13.6. The van der Waals surface area contributed by atoms with Crippen LogP contribution in [0.25, 0.3) is 0 Å². The first-order valence-electron chi connectivity index (χ1n) is 7.58. The molecule has 0 aliphatic heterocycles. The van der Waals surface area contributed by atoms with Gasteiger partial charge in [-0.1, -0.05) is 41.4 Å². The summed E-state index contributed by atoms with van der Waals surface area (Å²) in [6, 6.07) is 11.2. The zero-order chi connectivity index (χ0) is 18.5. The Kier molecular flexibility index (Phi) is 5.65. The van der Waals surface area contributed by atoms with E-state index in [1.54, 1.807) is 36.4 Å². The molecule has 2 N–H and O–H groups in total. The van der Waals surface area contributed by atoms with Gasteiger partial charge in [0.2, 0.25) is 5.95 Å². The van der Waals surface area contributed by atoms with Crippen molar-refractivity contribution in [2.75, 3.05) is 5.32 Å². The summed E-state index contributed by atoms with van der Waals surface area (Å²) >= 11 is 12.0. The second-order valence-corrected chi connectivity index (χ2v) is 6.16. The molecule has 0 saturated heterocycles. The molecule has 0 fully saturated rings. The first-order valence-corrected chi connectivity index (χ1v) is 8.34. The molecule has 3 rings (SSSR count). The molecule has 0 atom stereocenters. The molecule has 1 aromatic heterocycles. The minimum atomic E-state index is -0.402. The number of carbonyl (C=O) groups excluding carboxylic acids is 1. The second-order valence-electron chi connectivity index (χ2n) is 5.32. The Hall–Kier alpha value is -2.70. The van der Waals surface area contributed by atoms with Crippen LogP contribution >= 0.6 is 23.2 Å². The lowest BCUT2D eigenvalue weighted by molar-refractivity contribution is 0.0950. The monoisotopic (exact) mass is 390 g/mol. The fraction of sp³-hybridized carbons (Fsp3) is 0.0556. The predicted octanol–water partition coefficient (Wildman–Crippen LogP) is 4.60. The maximum absolute atomic E-state index is 13.6. The van der Waals surface area contributed by atoms with Crippen LogP contribution in [0.15, 0.2) is 54.9 Å². The number of hydrogen-bond acceptors (Lipinski definition) is 4. The van der Waals surface area contributed by atoms with Gasteiger partial charge in [-0.25, -0.2) is 14.4 Å². The number of hydrogen-bond donors (Lipinski definition) is 2. The van der Waals surface area contributed by atoms with Crippen molar-refractivity contribution < 1.29 is 9.18 Å². The molecular formula is C18H13Cl2FN4O. The Bertz CT molecular complexity index is 935. The third kappa shape index (κ3) is 4.47. The minimum Gasteiger partial charge on any atom is -0.348 e. The van der Waals surface area contributed by atoms with E-state index in [2.05, 4.69) is 20.6 Å². The molecule has 0 radical (unpaired) electrons. The Balaban J connectivity index is 1.64. The molecule has 0 saturated carbocycles. The summed E-state index contributed by atoms with van der Waals surface area (Å²) in [4.78, 5) is 20.3. The topological polar surface area (TPSA) is 66.9 Å². The first kappa shape index (κ1) is 18.1. The van der Waals surface area contributed by atoms with Crippen LogP contribution in [-0.4, -0.2) is 15.9 Å². The van der Waals surface area contributed by atoms with Crippen molar-refractivity contribution in [3.8, 4) is 0 Å². The summed E-state index contributed by atoms with van der Waals surface area (Å²) in [6.45, 7) is 0.0730. The summed E-state index contributed by atoms with van der Waals surface area (Å²) in [5.74, 6) is -0.512. The largest absolute Gasteiger partial charge is 0.348 e. The molecule has 0 aliphatic rings. The molecule has 3 aromatic rings. The summed E-state index contributed by atoms with van der Waals surface area (Å²) in [7, 11) is 0. The lowest BCUT2D eigenvalue weighted by Crippen LogP contribution is -2.23. The van der Waals surface area contributed by atoms with Gasteiger partial charge in [-0.15, -0.1) is 0 Å². The van der Waals surface area contributed by atoms with E-state index < -0.39 is 5.91 Å². The highest BCUT2D eigenvalue weighted by Gasteiger charge is 2.09. The lowest BCUT2D eigenvalue weighted by Gasteiger charge is -2.08. The minimum absolute atomic E-state index is 0.0730. The van der Waals surface area contributed by atoms with Crippen LogP contribution in [0.1, 0.15) is 15.9 Å². The van der Waals surface area contributed by atoms with Crippen molar-refractivity contribution in [3.63, 3.8) is 0 Å². The van der Waals surface area contributed by atoms with E-state index in [0.717, 1.165) is 0 Å². The van der Waals surface area contributed by atoms with Gasteiger partial charge in [0, 0.05) is 29.5 Å². The van der Waals surface area contributed by atoms with Gasteiger partial charge in [0.25, 0.3) is 5.91 Å². The van der Waals surface area contributed by atoms with Crippen LogP contribution in [0.2, 0.25) is 10.0 Å². The van der Waals surface area contributed by atoms with Crippen LogP contribution in [0.5, 0.6) is 0 Å². The van der Waals surface area contributed by atoms with Crippen molar-refractivity contribution in [1.29, 1.82) is 0 Å². The Morgan fingerprint density at radius 2 is 1.81 bits per heavy atom. The number of aromatic nitrogens is 2. The molecule has 0 bridgehead atoms. The van der Waals surface area contributed by atoms with Crippen LogP contribution in [-0.2, 0) is 6.54 Å². The number of anilines is 2. The van der Waals surface area contributed by atoms with Gasteiger partial charge >= 0.3 is 0 Å². The SMILES string of the molecule is O=C(NCc1ccccc1F)c1cnc(Nc2cc(Cl)ccc2Cl)nc1. The van der Waals surface area contributed by atoms with Crippen molar-refractivity contribution in [1.82, 2.24) is 15.3 Å². The van der Waals surface area contributed by atoms with Crippen molar-refractivity contribution in [2.24, 2.45) is 0 Å². The lowest BCUT2D eigenvalue weighted by atomic mass is 10.2. The second kappa shape index (κ2) is 8.12. The molecule has 132 valence electrons. The van der Waals surface area contributed by atoms with Crippen molar-refractivity contribution in [3.05, 3.63) is 81.8 Å². The average Bonchev–Trinajstić information content (AvgIpc) is 2.64. The molecule has 1 heterocycles. The molecule has 8 heteroatoms. The number of rotatable bonds is 5. The van der Waals surface area contributed by atoms with Gasteiger partial charge < -0.3 is 10.6 Å². The Labute approximate surface area is 159 Å². The Morgan fingerprint density at radius 1 is 1.08 bits per heavy atom. The molecule has 0 spiro atoms. The molecule has 0 unspecified atom stereocenters. The van der Waals surface area contributed by atoms with E-state index in [1.807, 2.05) is 0 Å². The van der Waals surface area contributed by atoms with Gasteiger partial charge in [0.05, 0.1) is 16.3 Å². The summed E-state index contributed by atoms with van der Waals surface area (Å²) in [5.41, 5.74) is 1.20. The fourth-order valence-electron chi connectivity index (χ4n) is 2.14. The highest BCUT2D eigenvalue weighted by molar-refractivity contribution is 6.35. The zero-order valence-electron chi connectivity index (χ0n) is 13.3.